The Hall–Kier alpha value is -2.80. The molecule has 0 N–H and O–H groups in total. The van der Waals surface area contributed by atoms with E-state index in [9.17, 15) is 18.0 Å². The number of furan rings is 1. The molecule has 0 amide bonds. The number of halogens is 3. The molecule has 1 aliphatic rings. The zero-order valence-electron chi connectivity index (χ0n) is 13.8. The second-order valence-corrected chi connectivity index (χ2v) is 7.01. The van der Waals surface area contributed by atoms with Crippen molar-refractivity contribution < 1.29 is 27.1 Å². The molecule has 0 saturated carbocycles. The second kappa shape index (κ2) is 6.42. The average Bonchev–Trinajstić information content (AvgIpc) is 3.40. The van der Waals surface area contributed by atoms with Crippen molar-refractivity contribution in [2.75, 3.05) is 0 Å². The van der Waals surface area contributed by atoms with E-state index in [0.717, 1.165) is 0 Å². The van der Waals surface area contributed by atoms with Crippen LogP contribution in [0.2, 0.25) is 0 Å². The lowest BCUT2D eigenvalue weighted by atomic mass is 9.85. The number of Topliss-reactive ketones (excluding diaryl/α,β-unsaturated/α-hetero) is 1. The highest BCUT2D eigenvalue weighted by Crippen LogP contribution is 2.51. The van der Waals surface area contributed by atoms with Gasteiger partial charge in [-0.1, -0.05) is 36.4 Å². The van der Waals surface area contributed by atoms with Crippen LogP contribution in [0.3, 0.4) is 0 Å². The lowest BCUT2D eigenvalue weighted by Gasteiger charge is -2.28. The van der Waals surface area contributed by atoms with Gasteiger partial charge in [-0.05, 0) is 23.6 Å². The summed E-state index contributed by atoms with van der Waals surface area (Å²) in [6.07, 6.45) is -3.83. The molecular formula is C20H13F3O3S. The van der Waals surface area contributed by atoms with Crippen molar-refractivity contribution in [1.29, 1.82) is 0 Å². The fourth-order valence-electron chi connectivity index (χ4n) is 3.22. The van der Waals surface area contributed by atoms with E-state index in [4.69, 9.17) is 9.15 Å². The summed E-state index contributed by atoms with van der Waals surface area (Å²) in [5, 5.41) is 1.72. The summed E-state index contributed by atoms with van der Waals surface area (Å²) in [5.74, 6) is -1.60. The lowest BCUT2D eigenvalue weighted by Crippen LogP contribution is -2.29. The predicted molar refractivity (Wildman–Crippen MR) is 93.9 cm³/mol. The van der Waals surface area contributed by atoms with Gasteiger partial charge in [0.1, 0.15) is 5.76 Å². The van der Waals surface area contributed by atoms with Gasteiger partial charge in [-0.15, -0.1) is 11.3 Å². The molecule has 0 aliphatic carbocycles. The number of benzene rings is 1. The molecule has 3 heterocycles. The number of alkyl halides is 3. The van der Waals surface area contributed by atoms with Gasteiger partial charge in [0.2, 0.25) is 0 Å². The predicted octanol–water partition coefficient (Wildman–Crippen LogP) is 5.55. The Morgan fingerprint density at radius 1 is 1.04 bits per heavy atom. The van der Waals surface area contributed by atoms with Crippen LogP contribution in [-0.2, 0) is 15.1 Å². The van der Waals surface area contributed by atoms with Crippen LogP contribution < -0.4 is 0 Å². The minimum absolute atomic E-state index is 0.0485. The fourth-order valence-corrected chi connectivity index (χ4v) is 3.95. The van der Waals surface area contributed by atoms with E-state index in [-0.39, 0.29) is 12.2 Å². The first kappa shape index (κ1) is 17.6. The molecule has 0 bridgehead atoms. The zero-order chi connectivity index (χ0) is 19.1. The summed E-state index contributed by atoms with van der Waals surface area (Å²) in [4.78, 5) is 12.6. The third-order valence-corrected chi connectivity index (χ3v) is 5.28. The third kappa shape index (κ3) is 2.98. The van der Waals surface area contributed by atoms with Crippen molar-refractivity contribution in [2.24, 2.45) is 0 Å². The van der Waals surface area contributed by atoms with Crippen molar-refractivity contribution in [3.63, 3.8) is 0 Å². The van der Waals surface area contributed by atoms with Crippen LogP contribution in [0.4, 0.5) is 13.2 Å². The maximum Gasteiger partial charge on any atom is 0.454 e. The highest BCUT2D eigenvalue weighted by Gasteiger charge is 2.53. The molecule has 2 aromatic heterocycles. The Balaban J connectivity index is 1.89. The monoisotopic (exact) mass is 390 g/mol. The lowest BCUT2D eigenvalue weighted by molar-refractivity contribution is -0.166. The molecular weight excluding hydrogens is 377 g/mol. The molecule has 138 valence electrons. The summed E-state index contributed by atoms with van der Waals surface area (Å²) < 4.78 is 51.4. The number of ether oxygens (including phenoxy) is 1. The van der Waals surface area contributed by atoms with Gasteiger partial charge in [-0.2, -0.15) is 13.2 Å². The number of rotatable bonds is 4. The van der Waals surface area contributed by atoms with Crippen molar-refractivity contribution in [1.82, 2.24) is 0 Å². The summed E-state index contributed by atoms with van der Waals surface area (Å²) in [7, 11) is 0. The van der Waals surface area contributed by atoms with Crippen molar-refractivity contribution in [3.8, 4) is 0 Å². The van der Waals surface area contributed by atoms with Crippen LogP contribution in [-0.4, -0.2) is 12.0 Å². The minimum Gasteiger partial charge on any atom is -0.472 e. The van der Waals surface area contributed by atoms with Gasteiger partial charge in [0.15, 0.2) is 11.4 Å². The van der Waals surface area contributed by atoms with E-state index >= 15 is 0 Å². The standard InChI is InChI=1S/C20H13F3O3S/c21-20(22,23)18(24)14-12-19(16-9-4-10-25-16,13-6-2-1-3-7-13)26-17(14)15-8-5-11-27-15/h1-11H,12H2. The molecule has 0 spiro atoms. The highest BCUT2D eigenvalue weighted by atomic mass is 32.1. The van der Waals surface area contributed by atoms with Gasteiger partial charge in [-0.25, -0.2) is 0 Å². The van der Waals surface area contributed by atoms with Gasteiger partial charge in [0.05, 0.1) is 16.7 Å². The molecule has 1 aromatic carbocycles. The average molecular weight is 390 g/mol. The summed E-state index contributed by atoms with van der Waals surface area (Å²) in [5.41, 5.74) is -1.12. The van der Waals surface area contributed by atoms with Crippen LogP contribution in [0.15, 0.2) is 76.2 Å². The Labute approximate surface area is 156 Å². The number of carbonyl (C=O) groups excluding carboxylic acids is 1. The number of thiophene rings is 1. The van der Waals surface area contributed by atoms with E-state index in [1.807, 2.05) is 0 Å². The normalized spacial score (nSPS) is 20.0. The number of carbonyl (C=O) groups is 1. The summed E-state index contributed by atoms with van der Waals surface area (Å²) in [6, 6.07) is 15.4. The molecule has 1 atom stereocenters. The van der Waals surface area contributed by atoms with Crippen molar-refractivity contribution in [3.05, 3.63) is 88.0 Å². The van der Waals surface area contributed by atoms with E-state index in [1.165, 1.54) is 17.6 Å². The molecule has 0 saturated heterocycles. The molecule has 0 radical (unpaired) electrons. The van der Waals surface area contributed by atoms with Crippen LogP contribution in [0.5, 0.6) is 0 Å². The van der Waals surface area contributed by atoms with Gasteiger partial charge in [0.25, 0.3) is 5.78 Å². The molecule has 1 unspecified atom stereocenters. The first-order valence-electron chi connectivity index (χ1n) is 8.09. The topological polar surface area (TPSA) is 39.4 Å². The number of ketones is 1. The quantitative estimate of drug-likeness (QED) is 0.587. The number of hydrogen-bond donors (Lipinski definition) is 0. The molecule has 7 heteroatoms. The van der Waals surface area contributed by atoms with Crippen molar-refractivity contribution >= 4 is 22.9 Å². The maximum absolute atomic E-state index is 13.3. The fraction of sp³-hybridized carbons (Fsp3) is 0.150. The van der Waals surface area contributed by atoms with Gasteiger partial charge in [-0.3, -0.25) is 4.79 Å². The van der Waals surface area contributed by atoms with E-state index in [2.05, 4.69) is 0 Å². The first-order valence-corrected chi connectivity index (χ1v) is 8.97. The smallest absolute Gasteiger partial charge is 0.454 e. The molecule has 3 nitrogen and oxygen atoms in total. The largest absolute Gasteiger partial charge is 0.472 e. The van der Waals surface area contributed by atoms with Crippen LogP contribution in [0, 0.1) is 0 Å². The minimum atomic E-state index is -4.99. The highest BCUT2D eigenvalue weighted by molar-refractivity contribution is 7.11. The van der Waals surface area contributed by atoms with E-state index < -0.39 is 23.1 Å². The molecule has 0 fully saturated rings. The second-order valence-electron chi connectivity index (χ2n) is 6.06. The SMILES string of the molecule is O=C(C1=C(c2cccs2)OC(c2ccccc2)(c2ccco2)C1)C(F)(F)F. The van der Waals surface area contributed by atoms with E-state index in [0.29, 0.717) is 16.2 Å². The number of hydrogen-bond acceptors (Lipinski definition) is 4. The summed E-state index contributed by atoms with van der Waals surface area (Å²) in [6.45, 7) is 0. The molecule has 1 aliphatic heterocycles. The van der Waals surface area contributed by atoms with Crippen LogP contribution in [0.25, 0.3) is 5.76 Å². The molecule has 4 rings (SSSR count). The van der Waals surface area contributed by atoms with Gasteiger partial charge >= 0.3 is 6.18 Å². The van der Waals surface area contributed by atoms with E-state index in [1.54, 1.807) is 60.0 Å². The summed E-state index contributed by atoms with van der Waals surface area (Å²) >= 11 is 1.21. The Bertz CT molecular complexity index is 973. The third-order valence-electron chi connectivity index (χ3n) is 4.41. The van der Waals surface area contributed by atoms with Gasteiger partial charge < -0.3 is 9.15 Å². The Morgan fingerprint density at radius 2 is 1.81 bits per heavy atom. The van der Waals surface area contributed by atoms with Gasteiger partial charge in [0, 0.05) is 12.0 Å². The maximum atomic E-state index is 13.3. The Kier molecular flexibility index (Phi) is 4.19. The zero-order valence-corrected chi connectivity index (χ0v) is 14.6. The molecule has 3 aromatic rings. The Morgan fingerprint density at radius 3 is 2.41 bits per heavy atom. The van der Waals surface area contributed by atoms with Crippen molar-refractivity contribution in [2.45, 2.75) is 18.2 Å². The molecule has 27 heavy (non-hydrogen) atoms. The first-order chi connectivity index (χ1) is 12.9. The van der Waals surface area contributed by atoms with Crippen LogP contribution >= 0.6 is 11.3 Å². The van der Waals surface area contributed by atoms with Crippen LogP contribution in [0.1, 0.15) is 22.6 Å².